The molecule has 110 valence electrons. The van der Waals surface area contributed by atoms with Crippen LogP contribution in [0.3, 0.4) is 0 Å². The van der Waals surface area contributed by atoms with E-state index in [9.17, 15) is 4.79 Å². The summed E-state index contributed by atoms with van der Waals surface area (Å²) < 4.78 is 10.4. The van der Waals surface area contributed by atoms with Gasteiger partial charge in [-0.1, -0.05) is 18.6 Å². The Kier molecular flexibility index (Phi) is 6.02. The number of nitrogens with one attached hydrogen (secondary N) is 1. The number of esters is 1. The van der Waals surface area contributed by atoms with Crippen LogP contribution in [0.1, 0.15) is 41.6 Å². The van der Waals surface area contributed by atoms with Gasteiger partial charge in [0, 0.05) is 12.6 Å². The third kappa shape index (κ3) is 4.62. The van der Waals surface area contributed by atoms with Gasteiger partial charge < -0.3 is 14.8 Å². The topological polar surface area (TPSA) is 47.6 Å². The highest BCUT2D eigenvalue weighted by molar-refractivity contribution is 5.89. The number of benzene rings is 1. The lowest BCUT2D eigenvalue weighted by molar-refractivity contribution is 0.0600. The van der Waals surface area contributed by atoms with Crippen molar-refractivity contribution in [2.45, 2.75) is 38.3 Å². The van der Waals surface area contributed by atoms with Gasteiger partial charge in [-0.15, -0.1) is 0 Å². The Morgan fingerprint density at radius 3 is 2.75 bits per heavy atom. The van der Waals surface area contributed by atoms with E-state index in [4.69, 9.17) is 4.74 Å². The number of rotatable bonds is 6. The van der Waals surface area contributed by atoms with Crippen molar-refractivity contribution in [3.8, 4) is 0 Å². The molecular formula is C16H23NO3. The molecule has 1 atom stereocenters. The van der Waals surface area contributed by atoms with Crippen molar-refractivity contribution in [3.05, 3.63) is 35.4 Å². The first-order valence-corrected chi connectivity index (χ1v) is 7.28. The molecule has 1 aromatic carbocycles. The SMILES string of the molecule is COC(=O)c1ccc(COCC[C@@H]2CCCCN2)cc1. The maximum absolute atomic E-state index is 11.3. The average Bonchev–Trinajstić information content (AvgIpc) is 2.52. The molecule has 0 aliphatic carbocycles. The number of hydrogen-bond donors (Lipinski definition) is 1. The van der Waals surface area contributed by atoms with Crippen molar-refractivity contribution < 1.29 is 14.3 Å². The first-order valence-electron chi connectivity index (χ1n) is 7.28. The Balaban J connectivity index is 1.67. The Morgan fingerprint density at radius 1 is 1.30 bits per heavy atom. The second-order valence-electron chi connectivity index (χ2n) is 5.18. The molecule has 1 fully saturated rings. The van der Waals surface area contributed by atoms with E-state index in [0.717, 1.165) is 25.1 Å². The fourth-order valence-corrected chi connectivity index (χ4v) is 2.44. The van der Waals surface area contributed by atoms with E-state index in [1.807, 2.05) is 12.1 Å². The molecule has 1 aliphatic rings. The Bertz CT molecular complexity index is 410. The number of carbonyl (C=O) groups is 1. The van der Waals surface area contributed by atoms with Crippen LogP contribution in [0, 0.1) is 0 Å². The summed E-state index contributed by atoms with van der Waals surface area (Å²) in [7, 11) is 1.39. The third-order valence-electron chi connectivity index (χ3n) is 3.67. The van der Waals surface area contributed by atoms with Gasteiger partial charge in [-0.3, -0.25) is 0 Å². The minimum atomic E-state index is -0.305. The maximum Gasteiger partial charge on any atom is 0.337 e. The molecule has 1 N–H and O–H groups in total. The lowest BCUT2D eigenvalue weighted by atomic mass is 10.0. The second kappa shape index (κ2) is 8.02. The summed E-state index contributed by atoms with van der Waals surface area (Å²) in [5.41, 5.74) is 1.65. The van der Waals surface area contributed by atoms with Crippen LogP contribution in [-0.4, -0.2) is 32.3 Å². The number of piperidine rings is 1. The number of ether oxygens (including phenoxy) is 2. The smallest absolute Gasteiger partial charge is 0.337 e. The molecule has 2 rings (SSSR count). The molecule has 0 bridgehead atoms. The molecule has 4 heteroatoms. The minimum absolute atomic E-state index is 0.305. The summed E-state index contributed by atoms with van der Waals surface area (Å²) in [5, 5.41) is 3.51. The van der Waals surface area contributed by atoms with Crippen LogP contribution >= 0.6 is 0 Å². The van der Waals surface area contributed by atoms with Gasteiger partial charge in [0.2, 0.25) is 0 Å². The van der Waals surface area contributed by atoms with Crippen molar-refractivity contribution in [2.24, 2.45) is 0 Å². The van der Waals surface area contributed by atoms with E-state index in [2.05, 4.69) is 10.1 Å². The van der Waals surface area contributed by atoms with Crippen molar-refractivity contribution in [1.82, 2.24) is 5.32 Å². The first-order chi connectivity index (χ1) is 9.79. The first kappa shape index (κ1) is 15.0. The standard InChI is InChI=1S/C16H23NO3/c1-19-16(18)14-7-5-13(6-8-14)12-20-11-9-15-4-2-3-10-17-15/h5-8,15,17H,2-4,9-12H2,1H3/t15-/m0/s1. The number of methoxy groups -OCH3 is 1. The molecule has 0 spiro atoms. The predicted octanol–water partition coefficient (Wildman–Crippen LogP) is 2.52. The van der Waals surface area contributed by atoms with Crippen LogP contribution in [-0.2, 0) is 16.1 Å². The fraction of sp³-hybridized carbons (Fsp3) is 0.562. The molecule has 20 heavy (non-hydrogen) atoms. The zero-order valence-electron chi connectivity index (χ0n) is 12.1. The summed E-state index contributed by atoms with van der Waals surface area (Å²) in [6, 6.07) is 7.97. The quantitative estimate of drug-likeness (QED) is 0.641. The van der Waals surface area contributed by atoms with Gasteiger partial charge in [-0.05, 0) is 43.5 Å². The maximum atomic E-state index is 11.3. The Morgan fingerprint density at radius 2 is 2.10 bits per heavy atom. The third-order valence-corrected chi connectivity index (χ3v) is 3.67. The Hall–Kier alpha value is -1.39. The van der Waals surface area contributed by atoms with E-state index in [1.54, 1.807) is 12.1 Å². The van der Waals surface area contributed by atoms with Gasteiger partial charge in [0.25, 0.3) is 0 Å². The highest BCUT2D eigenvalue weighted by Gasteiger charge is 2.11. The predicted molar refractivity (Wildman–Crippen MR) is 77.7 cm³/mol. The number of hydrogen-bond acceptors (Lipinski definition) is 4. The van der Waals surface area contributed by atoms with Crippen molar-refractivity contribution in [2.75, 3.05) is 20.3 Å². The molecule has 1 heterocycles. The van der Waals surface area contributed by atoms with Crippen LogP contribution in [0.4, 0.5) is 0 Å². The lowest BCUT2D eigenvalue weighted by Gasteiger charge is -2.23. The highest BCUT2D eigenvalue weighted by atomic mass is 16.5. The van der Waals surface area contributed by atoms with Crippen LogP contribution in [0.5, 0.6) is 0 Å². The van der Waals surface area contributed by atoms with E-state index >= 15 is 0 Å². The molecule has 0 amide bonds. The molecule has 0 saturated carbocycles. The van der Waals surface area contributed by atoms with Gasteiger partial charge in [0.15, 0.2) is 0 Å². The largest absolute Gasteiger partial charge is 0.465 e. The molecule has 1 aliphatic heterocycles. The molecular weight excluding hydrogens is 254 g/mol. The number of carbonyl (C=O) groups excluding carboxylic acids is 1. The zero-order valence-corrected chi connectivity index (χ0v) is 12.1. The molecule has 0 unspecified atom stereocenters. The van der Waals surface area contributed by atoms with Crippen LogP contribution in [0.2, 0.25) is 0 Å². The van der Waals surface area contributed by atoms with E-state index in [-0.39, 0.29) is 5.97 Å². The van der Waals surface area contributed by atoms with Crippen LogP contribution in [0.15, 0.2) is 24.3 Å². The molecule has 0 aromatic heterocycles. The monoisotopic (exact) mass is 277 g/mol. The van der Waals surface area contributed by atoms with Crippen molar-refractivity contribution >= 4 is 5.97 Å². The molecule has 0 radical (unpaired) electrons. The van der Waals surface area contributed by atoms with Gasteiger partial charge >= 0.3 is 5.97 Å². The minimum Gasteiger partial charge on any atom is -0.465 e. The Labute approximate surface area is 120 Å². The van der Waals surface area contributed by atoms with Crippen LogP contribution < -0.4 is 5.32 Å². The molecule has 4 nitrogen and oxygen atoms in total. The van der Waals surface area contributed by atoms with E-state index in [0.29, 0.717) is 18.2 Å². The average molecular weight is 277 g/mol. The van der Waals surface area contributed by atoms with Gasteiger partial charge in [-0.25, -0.2) is 4.79 Å². The summed E-state index contributed by atoms with van der Waals surface area (Å²) in [6.07, 6.45) is 4.95. The van der Waals surface area contributed by atoms with Gasteiger partial charge in [0.1, 0.15) is 0 Å². The van der Waals surface area contributed by atoms with E-state index in [1.165, 1.54) is 26.4 Å². The summed E-state index contributed by atoms with van der Waals surface area (Å²) in [4.78, 5) is 11.3. The summed E-state index contributed by atoms with van der Waals surface area (Å²) in [5.74, 6) is -0.305. The zero-order chi connectivity index (χ0) is 14.2. The van der Waals surface area contributed by atoms with Gasteiger partial charge in [0.05, 0.1) is 19.3 Å². The highest BCUT2D eigenvalue weighted by Crippen LogP contribution is 2.11. The molecule has 1 saturated heterocycles. The van der Waals surface area contributed by atoms with Crippen LogP contribution in [0.25, 0.3) is 0 Å². The normalized spacial score (nSPS) is 18.8. The molecule has 1 aromatic rings. The summed E-state index contributed by atoms with van der Waals surface area (Å²) >= 11 is 0. The van der Waals surface area contributed by atoms with Gasteiger partial charge in [-0.2, -0.15) is 0 Å². The summed E-state index contributed by atoms with van der Waals surface area (Å²) in [6.45, 7) is 2.50. The van der Waals surface area contributed by atoms with Crippen molar-refractivity contribution in [1.29, 1.82) is 0 Å². The fourth-order valence-electron chi connectivity index (χ4n) is 2.44. The lowest BCUT2D eigenvalue weighted by Crippen LogP contribution is -2.34. The second-order valence-corrected chi connectivity index (χ2v) is 5.18. The van der Waals surface area contributed by atoms with E-state index < -0.39 is 0 Å². The van der Waals surface area contributed by atoms with Crippen molar-refractivity contribution in [3.63, 3.8) is 0 Å².